The Labute approximate surface area is 216 Å². The van der Waals surface area contributed by atoms with Gasteiger partial charge in [-0.15, -0.1) is 0 Å². The van der Waals surface area contributed by atoms with E-state index in [2.05, 4.69) is 10.6 Å². The lowest BCUT2D eigenvalue weighted by atomic mass is 9.93. The molecule has 1 unspecified atom stereocenters. The van der Waals surface area contributed by atoms with E-state index < -0.39 is 12.0 Å². The number of Topliss-reactive ketones (excluding diaryl/α,β-unsaturated/α-hetero) is 1. The molecule has 1 heterocycles. The minimum atomic E-state index is -1.11. The summed E-state index contributed by atoms with van der Waals surface area (Å²) in [5.41, 5.74) is 1.28. The fraction of sp³-hybridized carbons (Fsp3) is 0.370. The van der Waals surface area contributed by atoms with E-state index in [0.29, 0.717) is 40.6 Å². The summed E-state index contributed by atoms with van der Waals surface area (Å²) in [6, 6.07) is 12.7. The number of allylic oxidation sites excluding steroid dienone is 1. The van der Waals surface area contributed by atoms with Gasteiger partial charge in [0.15, 0.2) is 5.78 Å². The van der Waals surface area contributed by atoms with Crippen molar-refractivity contribution in [3.05, 3.63) is 76.0 Å². The summed E-state index contributed by atoms with van der Waals surface area (Å²) in [5.74, 6) is -0.465. The van der Waals surface area contributed by atoms with Crippen molar-refractivity contribution in [2.24, 2.45) is 0 Å². The van der Waals surface area contributed by atoms with E-state index in [9.17, 15) is 19.5 Å². The molecule has 3 rings (SSSR count). The number of carbonyl (C=O) groups is 3. The first-order valence-corrected chi connectivity index (χ1v) is 12.1. The van der Waals surface area contributed by atoms with E-state index in [0.717, 1.165) is 0 Å². The Hall–Kier alpha value is -3.36. The molecule has 0 saturated carbocycles. The van der Waals surface area contributed by atoms with Crippen LogP contribution in [-0.2, 0) is 4.79 Å². The molecule has 0 spiro atoms. The van der Waals surface area contributed by atoms with E-state index in [1.807, 2.05) is 20.8 Å². The monoisotopic (exact) mass is 513 g/mol. The van der Waals surface area contributed by atoms with Gasteiger partial charge in [0.25, 0.3) is 0 Å². The highest BCUT2D eigenvalue weighted by atomic mass is 35.5. The number of ketones is 1. The van der Waals surface area contributed by atoms with Crippen molar-refractivity contribution >= 4 is 29.4 Å². The Kier molecular flexibility index (Phi) is 8.76. The number of hydrogen-bond donors (Lipinski definition) is 3. The highest BCUT2D eigenvalue weighted by Gasteiger charge is 2.37. The maximum absolute atomic E-state index is 12.8. The molecule has 1 atom stereocenters. The highest BCUT2D eigenvalue weighted by Crippen LogP contribution is 2.34. The largest absolute Gasteiger partial charge is 0.488 e. The van der Waals surface area contributed by atoms with Gasteiger partial charge in [-0.25, -0.2) is 9.59 Å². The van der Waals surface area contributed by atoms with E-state index in [1.165, 1.54) is 4.90 Å². The van der Waals surface area contributed by atoms with E-state index in [-0.39, 0.29) is 36.1 Å². The Morgan fingerprint density at radius 3 is 2.47 bits per heavy atom. The first-order valence-electron chi connectivity index (χ1n) is 11.8. The number of carboxylic acids is 1. The van der Waals surface area contributed by atoms with Crippen LogP contribution in [0, 0.1) is 0 Å². The van der Waals surface area contributed by atoms with Crippen LogP contribution in [0.3, 0.4) is 0 Å². The Morgan fingerprint density at radius 2 is 1.86 bits per heavy atom. The van der Waals surface area contributed by atoms with Gasteiger partial charge in [0, 0.05) is 22.8 Å². The van der Waals surface area contributed by atoms with Gasteiger partial charge in [0.2, 0.25) is 0 Å². The van der Waals surface area contributed by atoms with Gasteiger partial charge in [0.05, 0.1) is 18.2 Å². The number of rotatable bonds is 10. The molecular formula is C27H32ClN3O5. The number of ether oxygens (including phenoxy) is 1. The van der Waals surface area contributed by atoms with Crippen LogP contribution in [0.25, 0.3) is 0 Å². The van der Waals surface area contributed by atoms with Crippen LogP contribution in [0.4, 0.5) is 4.79 Å². The molecule has 1 aliphatic rings. The van der Waals surface area contributed by atoms with Crippen LogP contribution in [0.15, 0.2) is 59.8 Å². The smallest absolute Gasteiger partial charge is 0.335 e. The average molecular weight is 514 g/mol. The van der Waals surface area contributed by atoms with Crippen LogP contribution in [0.1, 0.15) is 56.1 Å². The number of halogens is 1. The maximum atomic E-state index is 12.8. The molecule has 36 heavy (non-hydrogen) atoms. The zero-order valence-electron chi connectivity index (χ0n) is 20.9. The topological polar surface area (TPSA) is 108 Å². The number of urea groups is 1. The summed E-state index contributed by atoms with van der Waals surface area (Å²) in [6.45, 7) is 8.34. The molecule has 2 aromatic rings. The lowest BCUT2D eigenvalue weighted by Gasteiger charge is -2.37. The fourth-order valence-electron chi connectivity index (χ4n) is 4.05. The van der Waals surface area contributed by atoms with Crippen molar-refractivity contribution in [2.45, 2.75) is 45.8 Å². The van der Waals surface area contributed by atoms with Gasteiger partial charge in [-0.05, 0) is 82.6 Å². The number of nitrogens with one attached hydrogen (secondary N) is 2. The number of hydrogen-bond acceptors (Lipinski definition) is 5. The first kappa shape index (κ1) is 27.2. The minimum absolute atomic E-state index is 0.0588. The average Bonchev–Trinajstić information content (AvgIpc) is 2.78. The lowest BCUT2D eigenvalue weighted by molar-refractivity contribution is -0.133. The minimum Gasteiger partial charge on any atom is -0.488 e. The third-order valence-electron chi connectivity index (χ3n) is 5.58. The number of benzene rings is 2. The predicted molar refractivity (Wildman–Crippen MR) is 138 cm³/mol. The summed E-state index contributed by atoms with van der Waals surface area (Å²) in [4.78, 5) is 38.8. The standard InChI is InChI=1S/C27H32ClN3O5/c1-17-23(25(33)34)24(19-7-5-8-20(28)15-19)31(26(35)30-17)14-6-13-29-16-22(32)18-9-11-21(12-10-18)36-27(2,3)4/h5,7-12,15,24,29H,6,13-14,16H2,1-4H3,(H,30,35)(H,33,34). The number of carboxylic acid groups (broad SMARTS) is 1. The summed E-state index contributed by atoms with van der Waals surface area (Å²) < 4.78 is 5.78. The molecule has 0 aliphatic carbocycles. The van der Waals surface area contributed by atoms with Gasteiger partial charge >= 0.3 is 12.0 Å². The van der Waals surface area contributed by atoms with Crippen LogP contribution in [0.5, 0.6) is 5.75 Å². The molecule has 0 radical (unpaired) electrons. The van der Waals surface area contributed by atoms with E-state index in [1.54, 1.807) is 55.5 Å². The van der Waals surface area contributed by atoms with Gasteiger partial charge in [-0.2, -0.15) is 0 Å². The summed E-state index contributed by atoms with van der Waals surface area (Å²) in [5, 5.41) is 16.0. The molecule has 2 aromatic carbocycles. The van der Waals surface area contributed by atoms with Crippen LogP contribution >= 0.6 is 11.6 Å². The second-order valence-corrected chi connectivity index (χ2v) is 10.1. The van der Waals surface area contributed by atoms with Crippen molar-refractivity contribution in [3.63, 3.8) is 0 Å². The Balaban J connectivity index is 1.59. The molecule has 0 fully saturated rings. The van der Waals surface area contributed by atoms with Gasteiger partial charge in [-0.1, -0.05) is 23.7 Å². The second kappa shape index (κ2) is 11.6. The van der Waals surface area contributed by atoms with Crippen LogP contribution < -0.4 is 15.4 Å². The Morgan fingerprint density at radius 1 is 1.17 bits per heavy atom. The lowest BCUT2D eigenvalue weighted by Crippen LogP contribution is -2.49. The van der Waals surface area contributed by atoms with Gasteiger partial charge < -0.3 is 25.4 Å². The van der Waals surface area contributed by atoms with Crippen molar-refractivity contribution in [3.8, 4) is 5.75 Å². The zero-order chi connectivity index (χ0) is 26.5. The van der Waals surface area contributed by atoms with Crippen molar-refractivity contribution < 1.29 is 24.2 Å². The van der Waals surface area contributed by atoms with Crippen molar-refractivity contribution in [1.82, 2.24) is 15.5 Å². The molecule has 3 N–H and O–H groups in total. The number of amides is 2. The SMILES string of the molecule is CC1=C(C(=O)O)C(c2cccc(Cl)c2)N(CCCNCC(=O)c2ccc(OC(C)(C)C)cc2)C(=O)N1. The summed E-state index contributed by atoms with van der Waals surface area (Å²) in [6.07, 6.45) is 0.516. The first-order chi connectivity index (χ1) is 17.0. The Bertz CT molecular complexity index is 1150. The van der Waals surface area contributed by atoms with Crippen LogP contribution in [0.2, 0.25) is 5.02 Å². The third kappa shape index (κ3) is 7.08. The van der Waals surface area contributed by atoms with Crippen LogP contribution in [-0.4, -0.2) is 53.0 Å². The molecule has 0 aromatic heterocycles. The fourth-order valence-corrected chi connectivity index (χ4v) is 4.25. The summed E-state index contributed by atoms with van der Waals surface area (Å²) in [7, 11) is 0. The molecule has 8 nitrogen and oxygen atoms in total. The van der Waals surface area contributed by atoms with Gasteiger partial charge in [0.1, 0.15) is 11.4 Å². The number of aliphatic carboxylic acids is 1. The van der Waals surface area contributed by atoms with E-state index in [4.69, 9.17) is 16.3 Å². The quantitative estimate of drug-likeness (QED) is 0.311. The second-order valence-electron chi connectivity index (χ2n) is 9.62. The van der Waals surface area contributed by atoms with Crippen molar-refractivity contribution in [2.75, 3.05) is 19.6 Å². The van der Waals surface area contributed by atoms with E-state index >= 15 is 0 Å². The number of carbonyl (C=O) groups excluding carboxylic acids is 2. The highest BCUT2D eigenvalue weighted by molar-refractivity contribution is 6.30. The maximum Gasteiger partial charge on any atom is 0.335 e. The molecular weight excluding hydrogens is 482 g/mol. The molecule has 192 valence electrons. The normalized spacial score (nSPS) is 16.1. The predicted octanol–water partition coefficient (Wildman–Crippen LogP) is 4.80. The molecule has 1 aliphatic heterocycles. The zero-order valence-corrected chi connectivity index (χ0v) is 21.7. The van der Waals surface area contributed by atoms with Gasteiger partial charge in [-0.3, -0.25) is 4.79 Å². The molecule has 9 heteroatoms. The summed E-state index contributed by atoms with van der Waals surface area (Å²) >= 11 is 6.14. The third-order valence-corrected chi connectivity index (χ3v) is 5.81. The van der Waals surface area contributed by atoms with Crippen molar-refractivity contribution in [1.29, 1.82) is 0 Å². The molecule has 0 saturated heterocycles. The molecule has 0 bridgehead atoms. The number of nitrogens with zero attached hydrogens (tertiary/aromatic N) is 1. The molecule has 2 amide bonds.